The average Bonchev–Trinajstić information content (AvgIpc) is 2.74. The van der Waals surface area contributed by atoms with Crippen molar-refractivity contribution in [1.29, 1.82) is 0 Å². The molecule has 0 spiro atoms. The number of fused-ring (bicyclic) bond motifs is 1. The first-order valence-electron chi connectivity index (χ1n) is 5.65. The predicted octanol–water partition coefficient (Wildman–Crippen LogP) is 4.05. The zero-order chi connectivity index (χ0) is 11.0. The Kier molecular flexibility index (Phi) is 2.44. The van der Waals surface area contributed by atoms with Crippen LogP contribution in [0.3, 0.4) is 0 Å². The van der Waals surface area contributed by atoms with Crippen molar-refractivity contribution < 1.29 is 4.74 Å². The molecule has 0 atom stereocenters. The molecule has 1 aromatic carbocycles. The molecular weight excluding hydrogens is 216 g/mol. The SMILES string of the molecule is Cc1ccc(-c2scc3c2OCCC3)cc1. The van der Waals surface area contributed by atoms with E-state index in [-0.39, 0.29) is 0 Å². The molecule has 2 heterocycles. The number of rotatable bonds is 1. The quantitative estimate of drug-likeness (QED) is 0.718. The van der Waals surface area contributed by atoms with Gasteiger partial charge in [-0.15, -0.1) is 11.3 Å². The molecule has 3 rings (SSSR count). The Balaban J connectivity index is 2.06. The van der Waals surface area contributed by atoms with Crippen LogP contribution in [0.5, 0.6) is 5.75 Å². The van der Waals surface area contributed by atoms with Crippen molar-refractivity contribution in [2.45, 2.75) is 19.8 Å². The summed E-state index contributed by atoms with van der Waals surface area (Å²) in [5.74, 6) is 1.13. The van der Waals surface area contributed by atoms with Crippen LogP contribution in [-0.4, -0.2) is 6.61 Å². The summed E-state index contributed by atoms with van der Waals surface area (Å²) in [7, 11) is 0. The number of aryl methyl sites for hydroxylation is 2. The molecule has 16 heavy (non-hydrogen) atoms. The molecular formula is C14H14OS. The summed E-state index contributed by atoms with van der Waals surface area (Å²) in [6, 6.07) is 8.67. The topological polar surface area (TPSA) is 9.23 Å². The average molecular weight is 230 g/mol. The third-order valence-corrected chi connectivity index (χ3v) is 4.03. The van der Waals surface area contributed by atoms with E-state index in [2.05, 4.69) is 36.6 Å². The van der Waals surface area contributed by atoms with Gasteiger partial charge in [-0.05, 0) is 30.7 Å². The third-order valence-electron chi connectivity index (χ3n) is 2.97. The molecule has 1 aromatic heterocycles. The monoisotopic (exact) mass is 230 g/mol. The highest BCUT2D eigenvalue weighted by molar-refractivity contribution is 7.14. The van der Waals surface area contributed by atoms with E-state index in [0.29, 0.717) is 0 Å². The number of hydrogen-bond acceptors (Lipinski definition) is 2. The van der Waals surface area contributed by atoms with Gasteiger partial charge in [-0.3, -0.25) is 0 Å². The lowest BCUT2D eigenvalue weighted by Crippen LogP contribution is -2.06. The predicted molar refractivity (Wildman–Crippen MR) is 68.3 cm³/mol. The van der Waals surface area contributed by atoms with Gasteiger partial charge in [0.1, 0.15) is 5.75 Å². The van der Waals surface area contributed by atoms with Gasteiger partial charge in [-0.1, -0.05) is 29.8 Å². The minimum Gasteiger partial charge on any atom is -0.492 e. The van der Waals surface area contributed by atoms with E-state index in [9.17, 15) is 0 Å². The number of thiophene rings is 1. The van der Waals surface area contributed by atoms with Crippen molar-refractivity contribution in [3.05, 3.63) is 40.8 Å². The van der Waals surface area contributed by atoms with Crippen LogP contribution in [-0.2, 0) is 6.42 Å². The van der Waals surface area contributed by atoms with Gasteiger partial charge in [0.2, 0.25) is 0 Å². The normalized spacial score (nSPS) is 14.3. The largest absolute Gasteiger partial charge is 0.492 e. The van der Waals surface area contributed by atoms with Crippen molar-refractivity contribution >= 4 is 11.3 Å². The van der Waals surface area contributed by atoms with Crippen LogP contribution in [0, 0.1) is 6.92 Å². The summed E-state index contributed by atoms with van der Waals surface area (Å²) >= 11 is 1.80. The van der Waals surface area contributed by atoms with E-state index in [1.54, 1.807) is 11.3 Å². The second kappa shape index (κ2) is 3.95. The number of hydrogen-bond donors (Lipinski definition) is 0. The van der Waals surface area contributed by atoms with E-state index in [1.165, 1.54) is 21.6 Å². The van der Waals surface area contributed by atoms with E-state index in [1.807, 2.05) is 0 Å². The second-order valence-corrected chi connectivity index (χ2v) is 5.12. The highest BCUT2D eigenvalue weighted by atomic mass is 32.1. The van der Waals surface area contributed by atoms with E-state index >= 15 is 0 Å². The van der Waals surface area contributed by atoms with Crippen LogP contribution in [0.25, 0.3) is 10.4 Å². The van der Waals surface area contributed by atoms with E-state index < -0.39 is 0 Å². The second-order valence-electron chi connectivity index (χ2n) is 4.24. The smallest absolute Gasteiger partial charge is 0.141 e. The Morgan fingerprint density at radius 3 is 2.81 bits per heavy atom. The van der Waals surface area contributed by atoms with Gasteiger partial charge < -0.3 is 4.74 Å². The van der Waals surface area contributed by atoms with Gasteiger partial charge in [-0.25, -0.2) is 0 Å². The van der Waals surface area contributed by atoms with Gasteiger partial charge in [0.05, 0.1) is 11.5 Å². The van der Waals surface area contributed by atoms with Crippen LogP contribution in [0.1, 0.15) is 17.5 Å². The summed E-state index contributed by atoms with van der Waals surface area (Å²) in [5, 5.41) is 2.24. The first kappa shape index (κ1) is 9.91. The van der Waals surface area contributed by atoms with Gasteiger partial charge in [-0.2, -0.15) is 0 Å². The van der Waals surface area contributed by atoms with Crippen molar-refractivity contribution in [2.75, 3.05) is 6.61 Å². The molecule has 82 valence electrons. The first-order chi connectivity index (χ1) is 7.84. The molecule has 0 aliphatic carbocycles. The Labute approximate surface area is 99.7 Å². The standard InChI is InChI=1S/C14H14OS/c1-10-4-6-11(7-5-10)14-13-12(9-16-14)3-2-8-15-13/h4-7,9H,2-3,8H2,1H3. The summed E-state index contributed by atoms with van der Waals surface area (Å²) in [5.41, 5.74) is 3.96. The lowest BCUT2D eigenvalue weighted by Gasteiger charge is -2.15. The molecule has 2 aromatic rings. The van der Waals surface area contributed by atoms with Gasteiger partial charge in [0.15, 0.2) is 0 Å². The molecule has 2 heteroatoms. The van der Waals surface area contributed by atoms with Crippen LogP contribution in [0.2, 0.25) is 0 Å². The minimum absolute atomic E-state index is 0.864. The van der Waals surface area contributed by atoms with Crippen molar-refractivity contribution in [1.82, 2.24) is 0 Å². The Bertz CT molecular complexity index is 496. The van der Waals surface area contributed by atoms with Crippen molar-refractivity contribution in [3.8, 4) is 16.2 Å². The maximum Gasteiger partial charge on any atom is 0.141 e. The molecule has 0 N–H and O–H groups in total. The Morgan fingerprint density at radius 1 is 1.19 bits per heavy atom. The fourth-order valence-corrected chi connectivity index (χ4v) is 3.11. The zero-order valence-electron chi connectivity index (χ0n) is 9.32. The summed E-state index contributed by atoms with van der Waals surface area (Å²) < 4.78 is 5.79. The summed E-state index contributed by atoms with van der Waals surface area (Å²) in [4.78, 5) is 1.29. The molecule has 0 radical (unpaired) electrons. The van der Waals surface area contributed by atoms with Crippen molar-refractivity contribution in [3.63, 3.8) is 0 Å². The van der Waals surface area contributed by atoms with Crippen LogP contribution < -0.4 is 4.74 Å². The Morgan fingerprint density at radius 2 is 2.00 bits per heavy atom. The molecule has 0 saturated carbocycles. The lowest BCUT2D eigenvalue weighted by atomic mass is 10.1. The third kappa shape index (κ3) is 1.63. The molecule has 0 amide bonds. The van der Waals surface area contributed by atoms with Gasteiger partial charge >= 0.3 is 0 Å². The van der Waals surface area contributed by atoms with Crippen molar-refractivity contribution in [2.24, 2.45) is 0 Å². The summed E-state index contributed by atoms with van der Waals surface area (Å²) in [6.45, 7) is 2.98. The Hall–Kier alpha value is -1.28. The molecule has 0 bridgehead atoms. The zero-order valence-corrected chi connectivity index (χ0v) is 10.1. The van der Waals surface area contributed by atoms with Gasteiger partial charge in [0.25, 0.3) is 0 Å². The number of ether oxygens (including phenoxy) is 1. The molecule has 0 saturated heterocycles. The molecule has 1 nitrogen and oxygen atoms in total. The first-order valence-corrected chi connectivity index (χ1v) is 6.53. The lowest BCUT2D eigenvalue weighted by molar-refractivity contribution is 0.291. The van der Waals surface area contributed by atoms with Gasteiger partial charge in [0, 0.05) is 5.56 Å². The fraction of sp³-hybridized carbons (Fsp3) is 0.286. The van der Waals surface area contributed by atoms with E-state index in [4.69, 9.17) is 4.74 Å². The highest BCUT2D eigenvalue weighted by Gasteiger charge is 2.17. The maximum atomic E-state index is 5.79. The number of benzene rings is 1. The van der Waals surface area contributed by atoms with Crippen LogP contribution >= 0.6 is 11.3 Å². The molecule has 0 fully saturated rings. The maximum absolute atomic E-state index is 5.79. The summed E-state index contributed by atoms with van der Waals surface area (Å²) in [6.07, 6.45) is 2.31. The molecule has 1 aliphatic rings. The highest BCUT2D eigenvalue weighted by Crippen LogP contribution is 2.41. The van der Waals surface area contributed by atoms with Crippen LogP contribution in [0.15, 0.2) is 29.6 Å². The van der Waals surface area contributed by atoms with E-state index in [0.717, 1.165) is 25.2 Å². The fourth-order valence-electron chi connectivity index (χ4n) is 2.05. The molecule has 0 unspecified atom stereocenters. The minimum atomic E-state index is 0.864. The van der Waals surface area contributed by atoms with Crippen LogP contribution in [0.4, 0.5) is 0 Å². The molecule has 1 aliphatic heterocycles.